The molecule has 0 aliphatic heterocycles. The maximum atomic E-state index is 9.97. The highest BCUT2D eigenvalue weighted by molar-refractivity contribution is 9.10. The van der Waals surface area contributed by atoms with Gasteiger partial charge in [-0.1, -0.05) is 41.1 Å². The number of rotatable bonds is 4. The second-order valence-corrected chi connectivity index (χ2v) is 6.03. The van der Waals surface area contributed by atoms with Gasteiger partial charge in [0.25, 0.3) is 0 Å². The molecule has 0 atom stereocenters. The molecule has 3 nitrogen and oxygen atoms in total. The summed E-state index contributed by atoms with van der Waals surface area (Å²) >= 11 is 3.49. The summed E-state index contributed by atoms with van der Waals surface area (Å²) in [5.41, 5.74) is 3.04. The van der Waals surface area contributed by atoms with E-state index in [2.05, 4.69) is 33.5 Å². The fourth-order valence-electron chi connectivity index (χ4n) is 2.59. The number of hydrogen-bond acceptors (Lipinski definition) is 2. The lowest BCUT2D eigenvalue weighted by atomic mass is 10.1. The van der Waals surface area contributed by atoms with Crippen molar-refractivity contribution < 1.29 is 5.11 Å². The Bertz CT molecular complexity index is 780. The zero-order valence-corrected chi connectivity index (χ0v) is 13.5. The molecule has 1 heterocycles. The number of para-hydroxylation sites is 1. The molecule has 3 rings (SSSR count). The van der Waals surface area contributed by atoms with Crippen molar-refractivity contribution in [1.29, 1.82) is 0 Å². The van der Waals surface area contributed by atoms with E-state index in [-0.39, 0.29) is 0 Å². The van der Waals surface area contributed by atoms with Crippen LogP contribution in [-0.2, 0) is 13.0 Å². The third-order valence-electron chi connectivity index (χ3n) is 3.58. The van der Waals surface area contributed by atoms with E-state index in [0.29, 0.717) is 12.2 Å². The second-order valence-electron chi connectivity index (χ2n) is 5.12. The molecule has 1 N–H and O–H groups in total. The third kappa shape index (κ3) is 2.81. The van der Waals surface area contributed by atoms with E-state index in [1.807, 2.05) is 30.3 Å². The van der Waals surface area contributed by atoms with E-state index >= 15 is 0 Å². The summed E-state index contributed by atoms with van der Waals surface area (Å²) in [4.78, 5) is 4.75. The molecule has 0 radical (unpaired) electrons. The number of halogens is 1. The first-order valence-electron chi connectivity index (χ1n) is 7.10. The molecule has 4 heteroatoms. The molecular weight excluding hydrogens is 328 g/mol. The number of nitrogens with zero attached hydrogens (tertiary/aromatic N) is 2. The van der Waals surface area contributed by atoms with Crippen molar-refractivity contribution in [1.82, 2.24) is 9.55 Å². The van der Waals surface area contributed by atoms with Crippen LogP contribution in [0, 0.1) is 0 Å². The van der Waals surface area contributed by atoms with Crippen molar-refractivity contribution >= 4 is 27.0 Å². The lowest BCUT2D eigenvalue weighted by Crippen LogP contribution is -2.04. The SMILES string of the molecule is CCCn1c(Cc2ccccc2O)nc2cc(Br)ccc21. The number of hydrogen-bond donors (Lipinski definition) is 1. The Balaban J connectivity index is 2.08. The predicted octanol–water partition coefficient (Wildman–Crippen LogP) is 4.51. The minimum absolute atomic E-state index is 0.328. The Morgan fingerprint density at radius 3 is 2.76 bits per heavy atom. The van der Waals surface area contributed by atoms with Crippen LogP contribution in [0.15, 0.2) is 46.9 Å². The van der Waals surface area contributed by atoms with Crippen LogP contribution in [-0.4, -0.2) is 14.7 Å². The molecule has 0 fully saturated rings. The number of aromatic nitrogens is 2. The number of imidazole rings is 1. The first-order valence-corrected chi connectivity index (χ1v) is 7.90. The van der Waals surface area contributed by atoms with Crippen molar-refractivity contribution in [2.45, 2.75) is 26.3 Å². The Labute approximate surface area is 132 Å². The fourth-order valence-corrected chi connectivity index (χ4v) is 2.94. The molecule has 1 aromatic heterocycles. The van der Waals surface area contributed by atoms with Crippen molar-refractivity contribution in [3.63, 3.8) is 0 Å². The Morgan fingerprint density at radius 1 is 1.19 bits per heavy atom. The van der Waals surface area contributed by atoms with Crippen molar-refractivity contribution in [2.24, 2.45) is 0 Å². The highest BCUT2D eigenvalue weighted by Crippen LogP contribution is 2.25. The minimum Gasteiger partial charge on any atom is -0.508 e. The van der Waals surface area contributed by atoms with Crippen molar-refractivity contribution in [3.8, 4) is 5.75 Å². The van der Waals surface area contributed by atoms with Crippen molar-refractivity contribution in [2.75, 3.05) is 0 Å². The standard InChI is InChI=1S/C17H17BrN2O/c1-2-9-20-15-8-7-13(18)11-14(15)19-17(20)10-12-5-3-4-6-16(12)21/h3-8,11,21H,2,9-10H2,1H3. The number of aromatic hydroxyl groups is 1. The summed E-state index contributed by atoms with van der Waals surface area (Å²) < 4.78 is 3.28. The normalized spacial score (nSPS) is 11.1. The monoisotopic (exact) mass is 344 g/mol. The van der Waals surface area contributed by atoms with Gasteiger partial charge in [-0.2, -0.15) is 0 Å². The molecule has 0 amide bonds. The number of phenolic OH excluding ortho intramolecular Hbond substituents is 1. The number of aryl methyl sites for hydroxylation is 1. The van der Waals surface area contributed by atoms with Gasteiger partial charge in [0, 0.05) is 23.0 Å². The minimum atomic E-state index is 0.328. The lowest BCUT2D eigenvalue weighted by molar-refractivity contribution is 0.468. The molecule has 0 saturated carbocycles. The van der Waals surface area contributed by atoms with Crippen molar-refractivity contribution in [3.05, 3.63) is 58.3 Å². The van der Waals surface area contributed by atoms with Crippen LogP contribution in [0.3, 0.4) is 0 Å². The summed E-state index contributed by atoms with van der Waals surface area (Å²) in [5, 5.41) is 9.97. The van der Waals surface area contributed by atoms with E-state index in [0.717, 1.165) is 39.9 Å². The first-order chi connectivity index (χ1) is 10.2. The molecule has 0 aliphatic carbocycles. The molecule has 0 spiro atoms. The molecule has 2 aromatic carbocycles. The average molecular weight is 345 g/mol. The largest absolute Gasteiger partial charge is 0.508 e. The van der Waals surface area contributed by atoms with Gasteiger partial charge in [0.2, 0.25) is 0 Å². The first kappa shape index (κ1) is 14.1. The highest BCUT2D eigenvalue weighted by atomic mass is 79.9. The van der Waals surface area contributed by atoms with Crippen LogP contribution in [0.4, 0.5) is 0 Å². The number of phenols is 1. The van der Waals surface area contributed by atoms with E-state index in [1.165, 1.54) is 0 Å². The van der Waals surface area contributed by atoms with Gasteiger partial charge < -0.3 is 9.67 Å². The number of benzene rings is 2. The number of fused-ring (bicyclic) bond motifs is 1. The zero-order chi connectivity index (χ0) is 14.8. The average Bonchev–Trinajstić information content (AvgIpc) is 2.79. The van der Waals surface area contributed by atoms with Gasteiger partial charge >= 0.3 is 0 Å². The Hall–Kier alpha value is -1.81. The molecule has 108 valence electrons. The van der Waals surface area contributed by atoms with E-state index in [4.69, 9.17) is 4.98 Å². The smallest absolute Gasteiger partial charge is 0.119 e. The summed E-state index contributed by atoms with van der Waals surface area (Å²) in [7, 11) is 0. The van der Waals surface area contributed by atoms with Gasteiger partial charge in [-0.25, -0.2) is 4.98 Å². The van der Waals surface area contributed by atoms with Crippen LogP contribution in [0.5, 0.6) is 5.75 Å². The van der Waals surface area contributed by atoms with Crippen LogP contribution in [0.1, 0.15) is 24.7 Å². The summed E-state index contributed by atoms with van der Waals surface area (Å²) in [6, 6.07) is 13.6. The second kappa shape index (κ2) is 5.90. The van der Waals surface area contributed by atoms with Crippen LogP contribution in [0.2, 0.25) is 0 Å². The van der Waals surface area contributed by atoms with Gasteiger partial charge in [-0.05, 0) is 30.7 Å². The molecule has 0 bridgehead atoms. The van der Waals surface area contributed by atoms with E-state index in [9.17, 15) is 5.11 Å². The predicted molar refractivity (Wildman–Crippen MR) is 88.6 cm³/mol. The highest BCUT2D eigenvalue weighted by Gasteiger charge is 2.12. The van der Waals surface area contributed by atoms with Gasteiger partial charge in [0.05, 0.1) is 11.0 Å². The van der Waals surface area contributed by atoms with E-state index in [1.54, 1.807) is 6.07 Å². The van der Waals surface area contributed by atoms with Gasteiger partial charge in [0.1, 0.15) is 11.6 Å². The molecule has 0 unspecified atom stereocenters. The summed E-state index contributed by atoms with van der Waals surface area (Å²) in [6.45, 7) is 3.09. The van der Waals surface area contributed by atoms with Gasteiger partial charge in [0.15, 0.2) is 0 Å². The molecule has 0 aliphatic rings. The van der Waals surface area contributed by atoms with Gasteiger partial charge in [-0.15, -0.1) is 0 Å². The Morgan fingerprint density at radius 2 is 2.00 bits per heavy atom. The Kier molecular flexibility index (Phi) is 3.97. The fraction of sp³-hybridized carbons (Fsp3) is 0.235. The van der Waals surface area contributed by atoms with Gasteiger partial charge in [-0.3, -0.25) is 0 Å². The zero-order valence-electron chi connectivity index (χ0n) is 11.9. The molecule has 3 aromatic rings. The summed E-state index contributed by atoms with van der Waals surface area (Å²) in [6.07, 6.45) is 1.69. The molecular formula is C17H17BrN2O. The van der Waals surface area contributed by atoms with E-state index < -0.39 is 0 Å². The summed E-state index contributed by atoms with van der Waals surface area (Å²) in [5.74, 6) is 1.32. The quantitative estimate of drug-likeness (QED) is 0.756. The van der Waals surface area contributed by atoms with Crippen LogP contribution in [0.25, 0.3) is 11.0 Å². The molecule has 0 saturated heterocycles. The maximum absolute atomic E-state index is 9.97. The third-order valence-corrected chi connectivity index (χ3v) is 4.07. The maximum Gasteiger partial charge on any atom is 0.119 e. The molecule has 21 heavy (non-hydrogen) atoms. The van der Waals surface area contributed by atoms with Crippen LogP contribution < -0.4 is 0 Å². The topological polar surface area (TPSA) is 38.0 Å². The van der Waals surface area contributed by atoms with Crippen LogP contribution >= 0.6 is 15.9 Å². The lowest BCUT2D eigenvalue weighted by Gasteiger charge is -2.08.